The third kappa shape index (κ3) is 3.34. The highest BCUT2D eigenvalue weighted by Crippen LogP contribution is 2.26. The molecule has 160 valence electrons. The van der Waals surface area contributed by atoms with Gasteiger partial charge in [0.25, 0.3) is 5.56 Å². The van der Waals surface area contributed by atoms with E-state index in [1.165, 1.54) is 10.7 Å². The number of aromatic nitrogens is 6. The summed E-state index contributed by atoms with van der Waals surface area (Å²) >= 11 is 0. The molecule has 0 N–H and O–H groups in total. The van der Waals surface area contributed by atoms with E-state index in [4.69, 9.17) is 4.98 Å². The molecular formula is C22H26N8O. The van der Waals surface area contributed by atoms with Crippen LogP contribution in [0.5, 0.6) is 0 Å². The summed E-state index contributed by atoms with van der Waals surface area (Å²) in [7, 11) is 2.16. The standard InChI is InChI=1S/C22H26N8O/c1-14-10-16(28-9-8-27(5)22(3,4)13-28)12-29-20(31)11-18(24-21(14)29)17-6-7-19-23-15(2)25-30(19)26-17/h6-7,10-12H,8-9,13H2,1-5H3. The van der Waals surface area contributed by atoms with Crippen molar-refractivity contribution in [2.24, 2.45) is 0 Å². The average Bonchev–Trinajstić information content (AvgIpc) is 3.09. The number of anilines is 1. The van der Waals surface area contributed by atoms with E-state index in [1.807, 2.05) is 32.2 Å². The maximum Gasteiger partial charge on any atom is 0.258 e. The van der Waals surface area contributed by atoms with Gasteiger partial charge in [-0.3, -0.25) is 14.1 Å². The summed E-state index contributed by atoms with van der Waals surface area (Å²) < 4.78 is 3.11. The Kier molecular flexibility index (Phi) is 4.33. The minimum Gasteiger partial charge on any atom is -0.367 e. The van der Waals surface area contributed by atoms with Gasteiger partial charge in [0.05, 0.1) is 11.4 Å². The Morgan fingerprint density at radius 3 is 2.58 bits per heavy atom. The number of fused-ring (bicyclic) bond motifs is 2. The normalized spacial score (nSPS) is 17.0. The monoisotopic (exact) mass is 418 g/mol. The van der Waals surface area contributed by atoms with Gasteiger partial charge in [-0.25, -0.2) is 9.97 Å². The predicted molar refractivity (Wildman–Crippen MR) is 120 cm³/mol. The molecule has 0 radical (unpaired) electrons. The highest BCUT2D eigenvalue weighted by Gasteiger charge is 2.31. The van der Waals surface area contributed by atoms with Crippen LogP contribution < -0.4 is 10.5 Å². The molecule has 0 atom stereocenters. The smallest absolute Gasteiger partial charge is 0.258 e. The Morgan fingerprint density at radius 2 is 1.81 bits per heavy atom. The van der Waals surface area contributed by atoms with Crippen LogP contribution in [0.25, 0.3) is 22.7 Å². The summed E-state index contributed by atoms with van der Waals surface area (Å²) in [6.07, 6.45) is 1.90. The van der Waals surface area contributed by atoms with Gasteiger partial charge >= 0.3 is 0 Å². The number of rotatable bonds is 2. The topological polar surface area (TPSA) is 83.9 Å². The highest BCUT2D eigenvalue weighted by atomic mass is 16.1. The zero-order valence-corrected chi connectivity index (χ0v) is 18.5. The first-order chi connectivity index (χ1) is 14.7. The van der Waals surface area contributed by atoms with E-state index >= 15 is 0 Å². The van der Waals surface area contributed by atoms with E-state index < -0.39 is 0 Å². The van der Waals surface area contributed by atoms with Crippen LogP contribution in [0.2, 0.25) is 0 Å². The molecule has 9 nitrogen and oxygen atoms in total. The average molecular weight is 419 g/mol. The highest BCUT2D eigenvalue weighted by molar-refractivity contribution is 5.63. The number of nitrogens with zero attached hydrogens (tertiary/aromatic N) is 8. The fourth-order valence-electron chi connectivity index (χ4n) is 4.14. The molecule has 0 bridgehead atoms. The molecular weight excluding hydrogens is 392 g/mol. The Bertz CT molecular complexity index is 1370. The van der Waals surface area contributed by atoms with Gasteiger partial charge in [-0.2, -0.15) is 0 Å². The van der Waals surface area contributed by atoms with Crippen molar-refractivity contribution in [3.05, 3.63) is 52.2 Å². The van der Waals surface area contributed by atoms with Gasteiger partial charge in [0, 0.05) is 37.4 Å². The molecule has 31 heavy (non-hydrogen) atoms. The first-order valence-corrected chi connectivity index (χ1v) is 10.4. The predicted octanol–water partition coefficient (Wildman–Crippen LogP) is 1.95. The van der Waals surface area contributed by atoms with Crippen LogP contribution in [0, 0.1) is 13.8 Å². The number of aryl methyl sites for hydroxylation is 2. The lowest BCUT2D eigenvalue weighted by molar-refractivity contribution is 0.139. The fraction of sp³-hybridized carbons (Fsp3) is 0.409. The van der Waals surface area contributed by atoms with Gasteiger partial charge in [-0.1, -0.05) is 0 Å². The molecule has 0 amide bonds. The molecule has 5 heterocycles. The van der Waals surface area contributed by atoms with E-state index in [1.54, 1.807) is 4.40 Å². The molecule has 9 heteroatoms. The minimum atomic E-state index is -0.130. The lowest BCUT2D eigenvalue weighted by Gasteiger charge is -2.46. The van der Waals surface area contributed by atoms with Crippen LogP contribution in [-0.4, -0.2) is 66.3 Å². The minimum absolute atomic E-state index is 0.0677. The molecule has 1 aliphatic rings. The molecule has 4 aromatic rings. The third-order valence-electron chi connectivity index (χ3n) is 6.19. The Morgan fingerprint density at radius 1 is 1.00 bits per heavy atom. The van der Waals surface area contributed by atoms with Crippen molar-refractivity contribution in [3.63, 3.8) is 0 Å². The van der Waals surface area contributed by atoms with Gasteiger partial charge in [-0.05, 0) is 58.5 Å². The van der Waals surface area contributed by atoms with Gasteiger partial charge in [0.2, 0.25) is 0 Å². The fourth-order valence-corrected chi connectivity index (χ4v) is 4.14. The van der Waals surface area contributed by atoms with Gasteiger partial charge in [-0.15, -0.1) is 14.8 Å². The van der Waals surface area contributed by atoms with Crippen molar-refractivity contribution in [1.82, 2.24) is 34.1 Å². The van der Waals surface area contributed by atoms with Crippen molar-refractivity contribution in [2.45, 2.75) is 33.2 Å². The summed E-state index contributed by atoms with van der Waals surface area (Å²) in [6.45, 7) is 11.1. The van der Waals surface area contributed by atoms with Crippen LogP contribution in [0.1, 0.15) is 25.2 Å². The number of pyridine rings is 1. The van der Waals surface area contributed by atoms with Crippen LogP contribution in [-0.2, 0) is 0 Å². The second-order valence-corrected chi connectivity index (χ2v) is 8.94. The van der Waals surface area contributed by atoms with E-state index in [-0.39, 0.29) is 11.1 Å². The van der Waals surface area contributed by atoms with Crippen LogP contribution in [0.4, 0.5) is 5.69 Å². The lowest BCUT2D eigenvalue weighted by atomic mass is 9.99. The number of hydrogen-bond acceptors (Lipinski definition) is 7. The summed E-state index contributed by atoms with van der Waals surface area (Å²) in [5, 5.41) is 8.73. The first-order valence-electron chi connectivity index (χ1n) is 10.4. The Labute approximate surface area is 180 Å². The van der Waals surface area contributed by atoms with E-state index in [2.05, 4.69) is 51.9 Å². The number of piperazine rings is 1. The van der Waals surface area contributed by atoms with E-state index in [0.29, 0.717) is 28.5 Å². The molecule has 1 saturated heterocycles. The molecule has 1 aliphatic heterocycles. The third-order valence-corrected chi connectivity index (χ3v) is 6.19. The molecule has 1 fully saturated rings. The second-order valence-electron chi connectivity index (χ2n) is 8.94. The molecule has 0 saturated carbocycles. The van der Waals surface area contributed by atoms with Crippen LogP contribution in [0.3, 0.4) is 0 Å². The summed E-state index contributed by atoms with van der Waals surface area (Å²) in [5.41, 5.74) is 4.34. The molecule has 0 aliphatic carbocycles. The van der Waals surface area contributed by atoms with Crippen molar-refractivity contribution in [1.29, 1.82) is 0 Å². The van der Waals surface area contributed by atoms with Crippen molar-refractivity contribution in [3.8, 4) is 11.4 Å². The van der Waals surface area contributed by atoms with Gasteiger partial charge < -0.3 is 4.90 Å². The number of likely N-dealkylation sites (N-methyl/N-ethyl adjacent to an activating group) is 1. The maximum absolute atomic E-state index is 13.0. The van der Waals surface area contributed by atoms with Crippen LogP contribution in [0.15, 0.2) is 35.3 Å². The summed E-state index contributed by atoms with van der Waals surface area (Å²) in [4.78, 5) is 26.8. The van der Waals surface area contributed by atoms with E-state index in [9.17, 15) is 4.79 Å². The second kappa shape index (κ2) is 6.84. The molecule has 4 aromatic heterocycles. The molecule has 0 aromatic carbocycles. The summed E-state index contributed by atoms with van der Waals surface area (Å²) in [6, 6.07) is 7.29. The summed E-state index contributed by atoms with van der Waals surface area (Å²) in [5.74, 6) is 0.645. The lowest BCUT2D eigenvalue weighted by Crippen LogP contribution is -2.57. The Balaban J connectivity index is 1.58. The SMILES string of the molecule is Cc1nc2ccc(-c3cc(=O)n4cc(N5CCN(C)C(C)(C)C5)cc(C)c4n3)nn2n1. The largest absolute Gasteiger partial charge is 0.367 e. The van der Waals surface area contributed by atoms with Gasteiger partial charge in [0.1, 0.15) is 17.2 Å². The molecule has 0 spiro atoms. The quantitative estimate of drug-likeness (QED) is 0.492. The molecule has 0 unspecified atom stereocenters. The van der Waals surface area contributed by atoms with Crippen molar-refractivity contribution < 1.29 is 0 Å². The zero-order valence-electron chi connectivity index (χ0n) is 18.5. The molecule has 5 rings (SSSR count). The van der Waals surface area contributed by atoms with E-state index in [0.717, 1.165) is 30.9 Å². The van der Waals surface area contributed by atoms with Crippen molar-refractivity contribution in [2.75, 3.05) is 31.6 Å². The van der Waals surface area contributed by atoms with Gasteiger partial charge in [0.15, 0.2) is 5.65 Å². The maximum atomic E-state index is 13.0. The zero-order chi connectivity index (χ0) is 21.9. The van der Waals surface area contributed by atoms with Crippen molar-refractivity contribution >= 4 is 17.0 Å². The number of hydrogen-bond donors (Lipinski definition) is 0. The Hall–Kier alpha value is -3.33. The first kappa shape index (κ1) is 19.6. The van der Waals surface area contributed by atoms with Crippen LogP contribution >= 0.6 is 0 Å².